The van der Waals surface area contributed by atoms with Gasteiger partial charge in [-0.3, -0.25) is 0 Å². The minimum atomic E-state index is 0.107. The summed E-state index contributed by atoms with van der Waals surface area (Å²) >= 11 is 0.107. The zero-order chi connectivity index (χ0) is 24.1. The van der Waals surface area contributed by atoms with E-state index in [-0.39, 0.29) is 21.2 Å². The molecule has 0 radical (unpaired) electrons. The van der Waals surface area contributed by atoms with Crippen LogP contribution in [0.1, 0.15) is 75.5 Å². The smallest absolute Gasteiger partial charge is 0.0683 e. The summed E-state index contributed by atoms with van der Waals surface area (Å²) in [6.45, 7) is 24.5. The Bertz CT molecular complexity index is 663. The van der Waals surface area contributed by atoms with Crippen molar-refractivity contribution in [3.05, 3.63) is 71.8 Å². The number of halogens is 1. The molecule has 2 nitrogen and oxygen atoms in total. The van der Waals surface area contributed by atoms with Gasteiger partial charge in [-0.15, -0.1) is 0 Å². The number of allylic oxidation sites excluding steroid dienone is 1. The number of hydrogen-bond acceptors (Lipinski definition) is 2. The Morgan fingerprint density at radius 3 is 1.97 bits per heavy atom. The van der Waals surface area contributed by atoms with E-state index in [9.17, 15) is 0 Å². The monoisotopic (exact) mass is 541 g/mol. The number of benzene rings is 2. The number of rotatable bonds is 7. The van der Waals surface area contributed by atoms with Crippen LogP contribution >= 0.6 is 0 Å². The minimum absolute atomic E-state index is 0.107. The molecule has 0 aromatic heterocycles. The van der Waals surface area contributed by atoms with Crippen molar-refractivity contribution in [3.8, 4) is 11.5 Å². The van der Waals surface area contributed by atoms with Crippen LogP contribution in [0.5, 0.6) is 11.5 Å². The average molecular weight is 542 g/mol. The summed E-state index contributed by atoms with van der Waals surface area (Å²) in [5.74, 6) is 1.92. The molecule has 0 aliphatic carbocycles. The van der Waals surface area contributed by atoms with Gasteiger partial charge in [0.2, 0.25) is 0 Å². The summed E-state index contributed by atoms with van der Waals surface area (Å²) in [5, 5.41) is 0. The maximum absolute atomic E-state index is 6.17. The molecule has 1 heterocycles. The van der Waals surface area contributed by atoms with Crippen LogP contribution in [0.3, 0.4) is 0 Å². The Labute approximate surface area is 203 Å². The molecule has 0 bridgehead atoms. The van der Waals surface area contributed by atoms with E-state index < -0.39 is 0 Å². The van der Waals surface area contributed by atoms with Crippen LogP contribution < -0.4 is 25.9 Å². The van der Waals surface area contributed by atoms with E-state index in [1.54, 1.807) is 0 Å². The van der Waals surface area contributed by atoms with Crippen molar-refractivity contribution in [2.75, 3.05) is 17.6 Å². The summed E-state index contributed by atoms with van der Waals surface area (Å²) in [6.07, 6.45) is 3.25. The Morgan fingerprint density at radius 1 is 0.968 bits per heavy atom. The second-order valence-electron chi connectivity index (χ2n) is 5.93. The van der Waals surface area contributed by atoms with Gasteiger partial charge in [0.05, 0.1) is 13.2 Å². The van der Waals surface area contributed by atoms with Crippen LogP contribution in [0.15, 0.2) is 55.1 Å². The van der Waals surface area contributed by atoms with Crippen molar-refractivity contribution in [1.82, 2.24) is 0 Å². The summed E-state index contributed by atoms with van der Waals surface area (Å²) in [5.41, 5.74) is 3.94. The molecule has 1 fully saturated rings. The van der Waals surface area contributed by atoms with Gasteiger partial charge in [-0.05, 0) is 0 Å². The Balaban J connectivity index is 0. The van der Waals surface area contributed by atoms with Gasteiger partial charge in [0.1, 0.15) is 0 Å². The molecule has 31 heavy (non-hydrogen) atoms. The molecule has 0 unspecified atom stereocenters. The maximum atomic E-state index is 6.17. The molecule has 3 rings (SSSR count). The summed E-state index contributed by atoms with van der Waals surface area (Å²) in [7, 11) is 0. The third kappa shape index (κ3) is 13.6. The number of ether oxygens (including phenoxy) is 2. The van der Waals surface area contributed by atoms with Crippen LogP contribution in [0.2, 0.25) is 0 Å². The number of epoxide rings is 1. The Morgan fingerprint density at radius 2 is 1.52 bits per heavy atom. The van der Waals surface area contributed by atoms with E-state index in [1.165, 1.54) is 27.5 Å². The van der Waals surface area contributed by atoms with E-state index >= 15 is 0 Å². The van der Waals surface area contributed by atoms with Crippen molar-refractivity contribution >= 4 is 0 Å². The van der Waals surface area contributed by atoms with Crippen LogP contribution in [0.4, 0.5) is 0 Å². The zero-order valence-electron chi connectivity index (χ0n) is 21.4. The molecule has 1 atom stereocenters. The van der Waals surface area contributed by atoms with Gasteiger partial charge in [0, 0.05) is 0 Å². The van der Waals surface area contributed by atoms with Crippen LogP contribution in [0.25, 0.3) is 0 Å². The molecule has 1 saturated heterocycles. The van der Waals surface area contributed by atoms with Crippen LogP contribution in [0, 0.1) is 13.8 Å². The number of hydrogen-bond donors (Lipinski definition) is 0. The van der Waals surface area contributed by atoms with Gasteiger partial charge in [-0.25, -0.2) is 0 Å². The van der Waals surface area contributed by atoms with Gasteiger partial charge < -0.3 is 4.74 Å². The number of alkyl halides is 2. The first-order valence-electron chi connectivity index (χ1n) is 11.8. The molecule has 1 aliphatic rings. The van der Waals surface area contributed by atoms with Crippen molar-refractivity contribution in [1.29, 1.82) is 0 Å². The molecular weight excluding hydrogens is 495 g/mol. The Kier molecular flexibility index (Phi) is 22.5. The fourth-order valence-electron chi connectivity index (χ4n) is 2.53. The van der Waals surface area contributed by atoms with Gasteiger partial charge in [0.25, 0.3) is 0 Å². The predicted molar refractivity (Wildman–Crippen MR) is 135 cm³/mol. The molecule has 178 valence electrons. The number of para-hydroxylation sites is 1. The van der Waals surface area contributed by atoms with Crippen molar-refractivity contribution < 1.29 is 30.7 Å². The third-order valence-electron chi connectivity index (χ3n) is 3.89. The van der Waals surface area contributed by atoms with Crippen LogP contribution in [-0.4, -0.2) is 17.6 Å². The third-order valence-corrected chi connectivity index (χ3v) is 7.64. The first-order valence-corrected chi connectivity index (χ1v) is 14.5. The van der Waals surface area contributed by atoms with Gasteiger partial charge in [0.15, 0.2) is 0 Å². The van der Waals surface area contributed by atoms with E-state index in [0.29, 0.717) is 3.92 Å². The predicted octanol–water partition coefficient (Wildman–Crippen LogP) is 5.92. The van der Waals surface area contributed by atoms with Crippen molar-refractivity contribution in [2.24, 2.45) is 0 Å². The fraction of sp³-hybridized carbons (Fsp3) is 0.500. The molecule has 1 aliphatic heterocycles. The molecule has 0 spiro atoms. The van der Waals surface area contributed by atoms with Crippen molar-refractivity contribution in [2.45, 2.75) is 72.7 Å². The first kappa shape index (κ1) is 31.9. The molecule has 0 amide bonds. The van der Waals surface area contributed by atoms with E-state index in [4.69, 9.17) is 4.74 Å². The second-order valence-corrected chi connectivity index (χ2v) is 9.19. The van der Waals surface area contributed by atoms with Gasteiger partial charge in [-0.2, -0.15) is 0 Å². The molecule has 2 aromatic carbocycles. The van der Waals surface area contributed by atoms with Gasteiger partial charge in [-0.1, -0.05) is 41.5 Å². The number of aryl methyl sites for hydroxylation is 1. The molecular formula is C28H46IO2-. The van der Waals surface area contributed by atoms with Crippen LogP contribution in [-0.2, 0) is 4.74 Å². The summed E-state index contributed by atoms with van der Waals surface area (Å²) in [6, 6.07) is 14.5. The first-order chi connectivity index (χ1) is 15.2. The molecule has 0 saturated carbocycles. The maximum Gasteiger partial charge on any atom is -0.0683 e. The molecule has 3 heteroatoms. The summed E-state index contributed by atoms with van der Waals surface area (Å²) in [4.78, 5) is 0. The molecule has 2 aromatic rings. The largest absolute Gasteiger partial charge is 0.0683 e. The van der Waals surface area contributed by atoms with E-state index in [2.05, 4.69) is 50.3 Å². The van der Waals surface area contributed by atoms with Gasteiger partial charge >= 0.3 is 145 Å². The normalized spacial score (nSPS) is 11.5. The summed E-state index contributed by atoms with van der Waals surface area (Å²) < 4.78 is 12.5. The standard InChI is InChI=1S/C20H24IO.C2H4O.3C2H6/c1-5-14-21-19(6-2)18-13-12-15(3)20(16(18)4)22-17-10-8-7-9-11-17;1-2-3-1;3*1-2/h5,7-13,19H,1,6,14H2,2-4H3;1-2H2;3*1-2H3/q-1;;;;/t19-;;;;/m0..../s1. The minimum Gasteiger partial charge on any atom is -0.0683 e. The quantitative estimate of drug-likeness (QED) is 0.188. The fourth-order valence-corrected chi connectivity index (χ4v) is 5.27. The van der Waals surface area contributed by atoms with Crippen molar-refractivity contribution in [3.63, 3.8) is 0 Å². The topological polar surface area (TPSA) is 21.8 Å². The molecule has 0 N–H and O–H groups in total. The Hall–Kier alpha value is -1.33. The van der Waals surface area contributed by atoms with E-state index in [0.717, 1.165) is 24.7 Å². The average Bonchev–Trinajstić information content (AvgIpc) is 3.73. The zero-order valence-corrected chi connectivity index (χ0v) is 23.6. The van der Waals surface area contributed by atoms with E-state index in [1.807, 2.05) is 71.9 Å². The SMILES string of the molecule is C1CO1.C=CC[I-][C@@H](CC)c1ccc(C)c(Oc2ccccc2)c1C.CC.CC.CC. The second kappa shape index (κ2) is 21.9.